The van der Waals surface area contributed by atoms with Crippen LogP contribution in [0.15, 0.2) is 67.3 Å². The van der Waals surface area contributed by atoms with Crippen LogP contribution in [-0.4, -0.2) is 73.8 Å². The van der Waals surface area contributed by atoms with Gasteiger partial charge in [0.05, 0.1) is 0 Å². The van der Waals surface area contributed by atoms with Gasteiger partial charge in [0.15, 0.2) is 0 Å². The second-order valence-electron chi connectivity index (χ2n) is 8.54. The van der Waals surface area contributed by atoms with Gasteiger partial charge in [-0.1, -0.05) is 6.07 Å². The van der Waals surface area contributed by atoms with Gasteiger partial charge in [-0.2, -0.15) is 0 Å². The van der Waals surface area contributed by atoms with Crippen molar-refractivity contribution in [3.63, 3.8) is 0 Å². The lowest BCUT2D eigenvalue weighted by Crippen LogP contribution is -2.47. The minimum absolute atomic E-state index is 1.04. The van der Waals surface area contributed by atoms with Crippen molar-refractivity contribution >= 4 is 17.1 Å². The number of pyridine rings is 2. The fourth-order valence-electron chi connectivity index (χ4n) is 4.68. The summed E-state index contributed by atoms with van der Waals surface area (Å²) in [7, 11) is 0. The molecule has 2 aliphatic rings. The molecule has 1 radical (unpaired) electrons. The van der Waals surface area contributed by atoms with E-state index in [0.29, 0.717) is 0 Å². The van der Waals surface area contributed by atoms with Crippen LogP contribution in [0, 0.1) is 6.07 Å². The molecule has 0 bridgehead atoms. The molecule has 0 amide bonds. The van der Waals surface area contributed by atoms with Crippen molar-refractivity contribution in [1.82, 2.24) is 14.9 Å². The largest absolute Gasteiger partial charge is 0.369 e. The summed E-state index contributed by atoms with van der Waals surface area (Å²) in [6.07, 6.45) is 8.56. The van der Waals surface area contributed by atoms with Crippen molar-refractivity contribution in [3.8, 4) is 0 Å². The number of anilines is 3. The molecule has 4 heterocycles. The molecule has 2 aliphatic heterocycles. The molecular weight excluding hydrogens is 396 g/mol. The maximum absolute atomic E-state index is 4.13. The molecule has 0 aliphatic carbocycles. The van der Waals surface area contributed by atoms with Gasteiger partial charge < -0.3 is 14.7 Å². The summed E-state index contributed by atoms with van der Waals surface area (Å²) in [4.78, 5) is 18.2. The molecule has 5 rings (SSSR count). The maximum atomic E-state index is 4.13. The molecule has 32 heavy (non-hydrogen) atoms. The summed E-state index contributed by atoms with van der Waals surface area (Å²) in [6, 6.07) is 18.5. The number of nitrogens with zero attached hydrogens (tertiary/aromatic N) is 6. The van der Waals surface area contributed by atoms with Crippen molar-refractivity contribution in [1.29, 1.82) is 0 Å². The molecule has 0 saturated carbocycles. The van der Waals surface area contributed by atoms with Crippen LogP contribution in [0.25, 0.3) is 0 Å². The van der Waals surface area contributed by atoms with E-state index in [1.54, 1.807) is 0 Å². The maximum Gasteiger partial charge on any atom is 0.0398 e. The monoisotopic (exact) mass is 427 g/mol. The zero-order chi connectivity index (χ0) is 21.6. The summed E-state index contributed by atoms with van der Waals surface area (Å²) < 4.78 is 0. The minimum atomic E-state index is 1.04. The molecule has 0 spiro atoms. The third kappa shape index (κ3) is 5.02. The van der Waals surface area contributed by atoms with Gasteiger partial charge in [0, 0.05) is 101 Å². The Hall–Kier alpha value is -3.12. The van der Waals surface area contributed by atoms with Crippen molar-refractivity contribution in [2.45, 2.75) is 6.42 Å². The van der Waals surface area contributed by atoms with E-state index >= 15 is 0 Å². The Morgan fingerprint density at radius 3 is 1.69 bits per heavy atom. The van der Waals surface area contributed by atoms with Gasteiger partial charge in [-0.05, 0) is 54.4 Å². The van der Waals surface area contributed by atoms with Crippen molar-refractivity contribution in [3.05, 3.63) is 78.9 Å². The molecule has 0 unspecified atom stereocenters. The lowest BCUT2D eigenvalue weighted by atomic mass is 10.1. The molecule has 6 heteroatoms. The number of hydrogen-bond acceptors (Lipinski definition) is 6. The number of benzene rings is 1. The number of hydrogen-bond donors (Lipinski definition) is 0. The van der Waals surface area contributed by atoms with Crippen molar-refractivity contribution in [2.75, 3.05) is 73.6 Å². The lowest BCUT2D eigenvalue weighted by molar-refractivity contribution is 0.261. The van der Waals surface area contributed by atoms with Crippen LogP contribution in [0.4, 0.5) is 17.1 Å². The van der Waals surface area contributed by atoms with E-state index in [0.717, 1.165) is 65.3 Å². The van der Waals surface area contributed by atoms with Gasteiger partial charge in [0.1, 0.15) is 0 Å². The van der Waals surface area contributed by atoms with Gasteiger partial charge in [-0.3, -0.25) is 14.9 Å². The van der Waals surface area contributed by atoms with Crippen LogP contribution in [0.5, 0.6) is 0 Å². The highest BCUT2D eigenvalue weighted by Crippen LogP contribution is 2.21. The molecule has 3 aromatic rings. The molecule has 2 aromatic heterocycles. The number of piperazine rings is 2. The quantitative estimate of drug-likeness (QED) is 0.602. The van der Waals surface area contributed by atoms with Gasteiger partial charge in [0.25, 0.3) is 0 Å². The Bertz CT molecular complexity index is 964. The molecule has 2 saturated heterocycles. The number of rotatable bonds is 6. The molecule has 0 atom stereocenters. The second-order valence-corrected chi connectivity index (χ2v) is 8.54. The predicted octanol–water partition coefficient (Wildman–Crippen LogP) is 2.97. The number of aromatic nitrogens is 2. The molecule has 6 nitrogen and oxygen atoms in total. The summed E-state index contributed by atoms with van der Waals surface area (Å²) in [6.45, 7) is 9.65. The highest BCUT2D eigenvalue weighted by molar-refractivity contribution is 5.52. The SMILES string of the molecule is [c]1ccc(N2CCN(c3ccncc3)CC2)cc1CCN1CCN(c2ccncc2)CC1. The zero-order valence-electron chi connectivity index (χ0n) is 18.6. The second kappa shape index (κ2) is 10.0. The fraction of sp³-hybridized carbons (Fsp3) is 0.385. The Morgan fingerprint density at radius 1 is 0.625 bits per heavy atom. The fourth-order valence-corrected chi connectivity index (χ4v) is 4.68. The highest BCUT2D eigenvalue weighted by Gasteiger charge is 2.19. The first-order valence-corrected chi connectivity index (χ1v) is 11.6. The Labute approximate surface area is 191 Å². The van der Waals surface area contributed by atoms with E-state index in [-0.39, 0.29) is 0 Å². The van der Waals surface area contributed by atoms with E-state index in [1.165, 1.54) is 22.6 Å². The van der Waals surface area contributed by atoms with Gasteiger partial charge in [0.2, 0.25) is 0 Å². The smallest absolute Gasteiger partial charge is 0.0398 e. The molecular formula is C26H31N6. The van der Waals surface area contributed by atoms with Gasteiger partial charge in [-0.15, -0.1) is 0 Å². The third-order valence-electron chi connectivity index (χ3n) is 6.62. The molecule has 2 fully saturated rings. The molecule has 0 N–H and O–H groups in total. The standard InChI is InChI=1S/C26H31N6/c1-2-23(8-13-29-14-16-30(17-15-29)24-4-9-27-10-5-24)22-26(3-1)32-20-18-31(19-21-32)25-6-11-28-12-7-25/h1,3-7,9-12,22H,8,13-21H2. The molecule has 165 valence electrons. The average molecular weight is 428 g/mol. The van der Waals surface area contributed by atoms with Crippen LogP contribution >= 0.6 is 0 Å². The summed E-state index contributed by atoms with van der Waals surface area (Å²) >= 11 is 0. The Balaban J connectivity index is 1.10. The Kier molecular flexibility index (Phi) is 6.49. The van der Waals surface area contributed by atoms with Crippen molar-refractivity contribution in [2.24, 2.45) is 0 Å². The van der Waals surface area contributed by atoms with E-state index < -0.39 is 0 Å². The first kappa shape index (κ1) is 20.8. The zero-order valence-corrected chi connectivity index (χ0v) is 18.6. The van der Waals surface area contributed by atoms with Gasteiger partial charge in [-0.25, -0.2) is 0 Å². The first-order valence-electron chi connectivity index (χ1n) is 11.6. The summed E-state index contributed by atoms with van der Waals surface area (Å²) in [5.74, 6) is 0. The van der Waals surface area contributed by atoms with Crippen LogP contribution < -0.4 is 14.7 Å². The van der Waals surface area contributed by atoms with Crippen molar-refractivity contribution < 1.29 is 0 Å². The van der Waals surface area contributed by atoms with E-state index in [2.05, 4.69) is 78.1 Å². The Morgan fingerprint density at radius 2 is 1.12 bits per heavy atom. The minimum Gasteiger partial charge on any atom is -0.369 e. The van der Waals surface area contributed by atoms with Crippen LogP contribution in [0.2, 0.25) is 0 Å². The van der Waals surface area contributed by atoms with Crippen LogP contribution in [-0.2, 0) is 6.42 Å². The normalized spacial score (nSPS) is 17.6. The topological polar surface area (TPSA) is 38.7 Å². The van der Waals surface area contributed by atoms with Gasteiger partial charge >= 0.3 is 0 Å². The first-order chi connectivity index (χ1) is 15.8. The van der Waals surface area contributed by atoms with E-state index in [9.17, 15) is 0 Å². The van der Waals surface area contributed by atoms with E-state index in [1.807, 2.05) is 24.8 Å². The predicted molar refractivity (Wildman–Crippen MR) is 131 cm³/mol. The third-order valence-corrected chi connectivity index (χ3v) is 6.62. The van der Waals surface area contributed by atoms with E-state index in [4.69, 9.17) is 0 Å². The van der Waals surface area contributed by atoms with Crippen LogP contribution in [0.1, 0.15) is 5.56 Å². The molecule has 1 aromatic carbocycles. The lowest BCUT2D eigenvalue weighted by Gasteiger charge is -2.37. The van der Waals surface area contributed by atoms with Crippen LogP contribution in [0.3, 0.4) is 0 Å². The average Bonchev–Trinajstić information content (AvgIpc) is 2.89. The summed E-state index contributed by atoms with van der Waals surface area (Å²) in [5, 5.41) is 0. The summed E-state index contributed by atoms with van der Waals surface area (Å²) in [5.41, 5.74) is 5.20. The highest BCUT2D eigenvalue weighted by atomic mass is 15.3.